The van der Waals surface area contributed by atoms with E-state index < -0.39 is 5.82 Å². The predicted octanol–water partition coefficient (Wildman–Crippen LogP) is 4.80. The molecule has 0 aliphatic heterocycles. The third kappa shape index (κ3) is 3.33. The monoisotopic (exact) mass is 413 g/mol. The number of methoxy groups -OCH3 is 1. The van der Waals surface area contributed by atoms with Gasteiger partial charge in [0.05, 0.1) is 12.7 Å². The van der Waals surface area contributed by atoms with Crippen LogP contribution < -0.4 is 4.74 Å². The fourth-order valence-corrected chi connectivity index (χ4v) is 3.33. The summed E-state index contributed by atoms with van der Waals surface area (Å²) in [6.45, 7) is 0. The van der Waals surface area contributed by atoms with Gasteiger partial charge in [0.2, 0.25) is 5.82 Å². The summed E-state index contributed by atoms with van der Waals surface area (Å²) in [5.41, 5.74) is 2.62. The molecular weight excluding hydrogens is 397 g/mol. The number of benzene rings is 3. The Morgan fingerprint density at radius 3 is 2.45 bits per heavy atom. The van der Waals surface area contributed by atoms with Gasteiger partial charge in [-0.15, -0.1) is 5.10 Å². The van der Waals surface area contributed by atoms with Gasteiger partial charge in [-0.1, -0.05) is 65.0 Å². The van der Waals surface area contributed by atoms with Gasteiger partial charge in [-0.3, -0.25) is 0 Å². The summed E-state index contributed by atoms with van der Waals surface area (Å²) in [7, 11) is 1.58. The number of rotatable bonds is 5. The first-order chi connectivity index (χ1) is 15.3. The predicted molar refractivity (Wildman–Crippen MR) is 112 cm³/mol. The van der Waals surface area contributed by atoms with E-state index in [1.165, 1.54) is 10.7 Å². The number of ether oxygens (including phenoxy) is 1. The Balaban J connectivity index is 1.68. The number of hydrogen-bond acceptors (Lipinski definition) is 6. The molecule has 7 nitrogen and oxygen atoms in total. The Hall–Kier alpha value is -4.33. The lowest BCUT2D eigenvalue weighted by atomic mass is 10.1. The molecule has 0 aliphatic carbocycles. The molecule has 0 amide bonds. The summed E-state index contributed by atoms with van der Waals surface area (Å²) in [4.78, 5) is 4.51. The smallest absolute Gasteiger partial charge is 0.281 e. The van der Waals surface area contributed by atoms with Crippen LogP contribution in [0.5, 0.6) is 5.75 Å². The summed E-state index contributed by atoms with van der Waals surface area (Å²) in [6.07, 6.45) is 0. The lowest BCUT2D eigenvalue weighted by molar-refractivity contribution is 0.413. The van der Waals surface area contributed by atoms with Gasteiger partial charge in [0.15, 0.2) is 5.69 Å². The third-order valence-electron chi connectivity index (χ3n) is 4.77. The summed E-state index contributed by atoms with van der Waals surface area (Å²) in [5, 5.41) is 12.5. The van der Waals surface area contributed by atoms with E-state index in [0.717, 1.165) is 5.56 Å². The van der Waals surface area contributed by atoms with Crippen LogP contribution in [0.2, 0.25) is 0 Å². The third-order valence-corrected chi connectivity index (χ3v) is 4.77. The highest BCUT2D eigenvalue weighted by Gasteiger charge is 2.24. The Bertz CT molecular complexity index is 1350. The molecule has 0 bridgehead atoms. The second-order valence-electron chi connectivity index (χ2n) is 6.64. The van der Waals surface area contributed by atoms with Gasteiger partial charge >= 0.3 is 0 Å². The number of para-hydroxylation sites is 2. The molecule has 0 atom stereocenters. The van der Waals surface area contributed by atoms with Crippen LogP contribution in [0.1, 0.15) is 0 Å². The van der Waals surface area contributed by atoms with Crippen LogP contribution in [-0.2, 0) is 0 Å². The van der Waals surface area contributed by atoms with Crippen molar-refractivity contribution < 1.29 is 13.7 Å². The van der Waals surface area contributed by atoms with E-state index in [4.69, 9.17) is 9.26 Å². The molecule has 0 fully saturated rings. The van der Waals surface area contributed by atoms with Crippen LogP contribution in [0.3, 0.4) is 0 Å². The highest BCUT2D eigenvalue weighted by atomic mass is 19.1. The molecule has 0 spiro atoms. The summed E-state index contributed by atoms with van der Waals surface area (Å²) >= 11 is 0. The summed E-state index contributed by atoms with van der Waals surface area (Å²) < 4.78 is 26.9. The van der Waals surface area contributed by atoms with Crippen molar-refractivity contribution in [2.75, 3.05) is 7.11 Å². The largest absolute Gasteiger partial charge is 0.496 e. The number of aromatic nitrogens is 5. The second-order valence-corrected chi connectivity index (χ2v) is 6.64. The minimum Gasteiger partial charge on any atom is -0.496 e. The zero-order valence-corrected chi connectivity index (χ0v) is 16.4. The minimum absolute atomic E-state index is 0.169. The SMILES string of the molecule is COc1ccccc1-c1noc(-c2nnn(-c3ccccc3F)c2-c2ccccc2)n1. The summed E-state index contributed by atoms with van der Waals surface area (Å²) in [6, 6.07) is 23.2. The molecule has 8 heteroatoms. The zero-order chi connectivity index (χ0) is 21.2. The molecule has 0 aliphatic rings. The second kappa shape index (κ2) is 7.83. The minimum atomic E-state index is -0.420. The van der Waals surface area contributed by atoms with Crippen LogP contribution in [0.15, 0.2) is 83.4 Å². The first-order valence-corrected chi connectivity index (χ1v) is 9.50. The molecular formula is C23H16FN5O2. The van der Waals surface area contributed by atoms with Crippen LogP contribution >= 0.6 is 0 Å². The molecule has 0 unspecified atom stereocenters. The number of halogens is 1. The maximum Gasteiger partial charge on any atom is 0.281 e. The first kappa shape index (κ1) is 18.7. The van der Waals surface area contributed by atoms with E-state index in [2.05, 4.69) is 20.5 Å². The molecule has 5 rings (SSSR count). The summed E-state index contributed by atoms with van der Waals surface area (Å²) in [5.74, 6) is 0.721. The lowest BCUT2D eigenvalue weighted by Crippen LogP contribution is -2.02. The molecule has 0 radical (unpaired) electrons. The van der Waals surface area contributed by atoms with Crippen LogP contribution in [0.25, 0.3) is 39.9 Å². The zero-order valence-electron chi connectivity index (χ0n) is 16.4. The van der Waals surface area contributed by atoms with Crippen molar-refractivity contribution in [1.29, 1.82) is 0 Å². The van der Waals surface area contributed by atoms with E-state index in [1.54, 1.807) is 25.3 Å². The van der Waals surface area contributed by atoms with Crippen molar-refractivity contribution in [3.63, 3.8) is 0 Å². The Kier molecular flexibility index (Phi) is 4.72. The van der Waals surface area contributed by atoms with Gasteiger partial charge in [0.25, 0.3) is 5.89 Å². The van der Waals surface area contributed by atoms with Crippen LogP contribution in [0, 0.1) is 5.82 Å². The molecule has 0 saturated heterocycles. The van der Waals surface area contributed by atoms with E-state index in [-0.39, 0.29) is 11.6 Å². The maximum absolute atomic E-state index is 14.5. The van der Waals surface area contributed by atoms with Gasteiger partial charge in [-0.25, -0.2) is 9.07 Å². The number of hydrogen-bond donors (Lipinski definition) is 0. The fraction of sp³-hybridized carbons (Fsp3) is 0.0435. The van der Waals surface area contributed by atoms with Crippen molar-refractivity contribution >= 4 is 0 Å². The van der Waals surface area contributed by atoms with Crippen LogP contribution in [0.4, 0.5) is 4.39 Å². The van der Waals surface area contributed by atoms with E-state index >= 15 is 0 Å². The molecule has 0 saturated carbocycles. The first-order valence-electron chi connectivity index (χ1n) is 9.50. The number of nitrogens with zero attached hydrogens (tertiary/aromatic N) is 5. The van der Waals surface area contributed by atoms with Crippen molar-refractivity contribution in [3.05, 3.63) is 84.7 Å². The van der Waals surface area contributed by atoms with Crippen LogP contribution in [-0.4, -0.2) is 32.2 Å². The molecule has 2 heterocycles. The van der Waals surface area contributed by atoms with Gasteiger partial charge < -0.3 is 9.26 Å². The van der Waals surface area contributed by atoms with E-state index in [0.29, 0.717) is 28.5 Å². The molecule has 152 valence electrons. The fourth-order valence-electron chi connectivity index (χ4n) is 3.33. The van der Waals surface area contributed by atoms with Crippen molar-refractivity contribution in [1.82, 2.24) is 25.1 Å². The Morgan fingerprint density at radius 1 is 0.903 bits per heavy atom. The average molecular weight is 413 g/mol. The molecule has 5 aromatic rings. The molecule has 31 heavy (non-hydrogen) atoms. The van der Waals surface area contributed by atoms with Crippen molar-refractivity contribution in [3.8, 4) is 45.7 Å². The quantitative estimate of drug-likeness (QED) is 0.412. The standard InChI is InChI=1S/C23H16FN5O2/c1-30-19-14-8-5-11-16(19)22-25-23(31-27-22)20-21(15-9-3-2-4-10-15)29(28-26-20)18-13-7-6-12-17(18)24/h2-14H,1H3. The molecule has 0 N–H and O–H groups in total. The van der Waals surface area contributed by atoms with E-state index in [9.17, 15) is 4.39 Å². The lowest BCUT2D eigenvalue weighted by Gasteiger charge is -2.08. The maximum atomic E-state index is 14.5. The Labute approximate surface area is 176 Å². The topological polar surface area (TPSA) is 78.9 Å². The highest BCUT2D eigenvalue weighted by molar-refractivity contribution is 5.76. The average Bonchev–Trinajstić information content (AvgIpc) is 3.47. The van der Waals surface area contributed by atoms with Gasteiger partial charge in [0, 0.05) is 5.56 Å². The van der Waals surface area contributed by atoms with Gasteiger partial charge in [-0.2, -0.15) is 4.98 Å². The van der Waals surface area contributed by atoms with Gasteiger partial charge in [0.1, 0.15) is 22.9 Å². The van der Waals surface area contributed by atoms with E-state index in [1.807, 2.05) is 54.6 Å². The highest BCUT2D eigenvalue weighted by Crippen LogP contribution is 2.34. The van der Waals surface area contributed by atoms with Crippen molar-refractivity contribution in [2.45, 2.75) is 0 Å². The Morgan fingerprint density at radius 2 is 1.65 bits per heavy atom. The molecule has 3 aromatic carbocycles. The molecule has 2 aromatic heterocycles. The normalized spacial score (nSPS) is 10.9. The van der Waals surface area contributed by atoms with Crippen molar-refractivity contribution in [2.24, 2.45) is 0 Å². The van der Waals surface area contributed by atoms with Gasteiger partial charge in [-0.05, 0) is 24.3 Å².